The fourth-order valence-electron chi connectivity index (χ4n) is 2.63. The van der Waals surface area contributed by atoms with Crippen LogP contribution in [0.3, 0.4) is 0 Å². The average Bonchev–Trinajstić information content (AvgIpc) is 3.42. The van der Waals surface area contributed by atoms with E-state index in [1.165, 1.54) is 32.0 Å². The van der Waals surface area contributed by atoms with Gasteiger partial charge in [0.25, 0.3) is 0 Å². The van der Waals surface area contributed by atoms with Crippen LogP contribution >= 0.6 is 47.5 Å². The van der Waals surface area contributed by atoms with E-state index in [0.717, 1.165) is 0 Å². The molecule has 2 heterocycles. The van der Waals surface area contributed by atoms with Crippen LogP contribution in [0.1, 0.15) is 37.4 Å². The Balaban J connectivity index is -0.000000400. The number of thiophene rings is 2. The molecule has 2 atom stereocenters. The molecular formula is C24H32Cl2S2SiZr-4. The molecular weight excluding hydrogens is 543 g/mol. The topological polar surface area (TPSA) is 0 Å². The molecule has 0 amide bonds. The van der Waals surface area contributed by atoms with Crippen molar-refractivity contribution < 1.29 is 23.3 Å². The van der Waals surface area contributed by atoms with E-state index in [1.807, 2.05) is 6.88 Å². The van der Waals surface area contributed by atoms with Gasteiger partial charge in [-0.05, 0) is 10.8 Å². The number of hydrogen-bond donors (Lipinski definition) is 0. The van der Waals surface area contributed by atoms with Crippen LogP contribution in [0.15, 0.2) is 58.3 Å². The standard InChI is InChI=1S/2C11H11S.2CH3.2ClH.H2Si.Zr/c2*1-8-6-10(7-9(8)2)11-4-3-5-12-11;;;;;;/h2*3-6,9H,1-2H3;2*1H3;2*1H;1H2;/q4*-1;;;;. The Kier molecular flexibility index (Phi) is 20.3. The summed E-state index contributed by atoms with van der Waals surface area (Å²) in [5.74, 6) is 1.00. The van der Waals surface area contributed by atoms with Crippen molar-refractivity contribution in [3.63, 3.8) is 0 Å². The van der Waals surface area contributed by atoms with Crippen LogP contribution in [-0.4, -0.2) is 6.88 Å². The Morgan fingerprint density at radius 2 is 1.10 bits per heavy atom. The van der Waals surface area contributed by atoms with E-state index in [2.05, 4.69) is 87.0 Å². The summed E-state index contributed by atoms with van der Waals surface area (Å²) in [4.78, 5) is 2.66. The maximum atomic E-state index is 3.44. The van der Waals surface area contributed by atoms with Gasteiger partial charge in [-0.2, -0.15) is 35.5 Å². The molecule has 6 heteroatoms. The van der Waals surface area contributed by atoms with Crippen LogP contribution in [0.4, 0.5) is 0 Å². The van der Waals surface area contributed by atoms with Crippen LogP contribution in [0.5, 0.6) is 0 Å². The van der Waals surface area contributed by atoms with Crippen molar-refractivity contribution >= 4 is 65.5 Å². The van der Waals surface area contributed by atoms with Crippen molar-refractivity contribution in [3.05, 3.63) is 95.1 Å². The van der Waals surface area contributed by atoms with E-state index in [4.69, 9.17) is 0 Å². The molecule has 0 nitrogen and oxygen atoms in total. The Hall–Kier alpha value is 0.0400. The van der Waals surface area contributed by atoms with Gasteiger partial charge in [-0.25, -0.2) is 22.7 Å². The maximum absolute atomic E-state index is 3.44. The Bertz CT molecular complexity index is 764. The van der Waals surface area contributed by atoms with Crippen molar-refractivity contribution in [1.29, 1.82) is 0 Å². The van der Waals surface area contributed by atoms with Gasteiger partial charge in [-0.3, -0.25) is 0 Å². The normalized spacial score (nSPS) is 18.0. The fourth-order valence-corrected chi connectivity index (χ4v) is 4.04. The molecule has 30 heavy (non-hydrogen) atoms. The number of halogens is 2. The van der Waals surface area contributed by atoms with Crippen LogP contribution in [0.2, 0.25) is 0 Å². The Labute approximate surface area is 221 Å². The molecule has 4 rings (SSSR count). The summed E-state index contributed by atoms with van der Waals surface area (Å²) in [7, 11) is 0. The van der Waals surface area contributed by atoms with Crippen molar-refractivity contribution in [2.75, 3.05) is 0 Å². The summed E-state index contributed by atoms with van der Waals surface area (Å²) >= 11 is 5.14. The first-order valence-electron chi connectivity index (χ1n) is 8.61. The van der Waals surface area contributed by atoms with Crippen LogP contribution in [-0.2, 0) is 23.3 Å². The van der Waals surface area contributed by atoms with Gasteiger partial charge in [0, 0.05) is 0 Å². The summed E-state index contributed by atoms with van der Waals surface area (Å²) in [6, 6.07) is 8.46. The number of rotatable bonds is 2. The quantitative estimate of drug-likeness (QED) is 0.253. The summed E-state index contributed by atoms with van der Waals surface area (Å²) in [5, 5.41) is 4.21. The zero-order valence-electron chi connectivity index (χ0n) is 18.6. The first kappa shape index (κ1) is 34.6. The SMILES string of the molecule is CC1=CC(c2cccs2)=[C-]C1C.CC1=CC(c2cccs2)=[C-]C1C.Cl.Cl.[CH3-].[CH3-].[SiH2]=[Zr]. The predicted molar refractivity (Wildman–Crippen MR) is 144 cm³/mol. The Morgan fingerprint density at radius 3 is 1.30 bits per heavy atom. The van der Waals surface area contributed by atoms with E-state index in [0.29, 0.717) is 11.8 Å². The molecule has 0 radical (unpaired) electrons. The molecule has 2 aromatic heterocycles. The van der Waals surface area contributed by atoms with Crippen molar-refractivity contribution in [1.82, 2.24) is 0 Å². The van der Waals surface area contributed by atoms with E-state index in [1.54, 1.807) is 46.0 Å². The zero-order valence-corrected chi connectivity index (χ0v) is 25.8. The molecule has 0 saturated heterocycles. The van der Waals surface area contributed by atoms with Crippen molar-refractivity contribution in [2.45, 2.75) is 27.7 Å². The first-order chi connectivity index (χ1) is 12.5. The molecule has 0 saturated carbocycles. The van der Waals surface area contributed by atoms with Gasteiger partial charge in [0.2, 0.25) is 0 Å². The van der Waals surface area contributed by atoms with E-state index >= 15 is 0 Å². The van der Waals surface area contributed by atoms with Crippen molar-refractivity contribution in [3.8, 4) is 0 Å². The third-order valence-electron chi connectivity index (χ3n) is 4.43. The summed E-state index contributed by atoms with van der Waals surface area (Å²) < 4.78 is 0. The van der Waals surface area contributed by atoms with E-state index in [-0.39, 0.29) is 39.7 Å². The van der Waals surface area contributed by atoms with E-state index in [9.17, 15) is 0 Å². The molecule has 0 spiro atoms. The molecule has 2 unspecified atom stereocenters. The van der Waals surface area contributed by atoms with Gasteiger partial charge in [0.15, 0.2) is 0 Å². The van der Waals surface area contributed by atoms with Gasteiger partial charge in [0.1, 0.15) is 0 Å². The predicted octanol–water partition coefficient (Wildman–Crippen LogP) is 7.89. The van der Waals surface area contributed by atoms with Crippen LogP contribution in [0, 0.1) is 38.8 Å². The van der Waals surface area contributed by atoms with Crippen LogP contribution < -0.4 is 0 Å². The summed E-state index contributed by atoms with van der Waals surface area (Å²) in [6.07, 6.45) is 11.3. The summed E-state index contributed by atoms with van der Waals surface area (Å²) in [5.41, 5.74) is 5.38. The second-order valence-electron chi connectivity index (χ2n) is 6.29. The second-order valence-corrected chi connectivity index (χ2v) is 8.19. The molecule has 0 bridgehead atoms. The van der Waals surface area contributed by atoms with Crippen molar-refractivity contribution in [2.24, 2.45) is 11.8 Å². The van der Waals surface area contributed by atoms with Crippen LogP contribution in [0.25, 0.3) is 11.1 Å². The first-order valence-corrected chi connectivity index (χ1v) is 16.3. The zero-order chi connectivity index (χ0) is 19.1. The molecule has 0 aliphatic heterocycles. The number of hydrogen-bond acceptors (Lipinski definition) is 2. The van der Waals surface area contributed by atoms with Gasteiger partial charge in [-0.15, -0.1) is 48.1 Å². The van der Waals surface area contributed by atoms with Gasteiger partial charge in [-0.1, -0.05) is 61.4 Å². The molecule has 0 N–H and O–H groups in total. The number of allylic oxidation sites excluding steroid dienone is 8. The van der Waals surface area contributed by atoms with Gasteiger partial charge < -0.3 is 14.9 Å². The molecule has 2 aromatic rings. The second kappa shape index (κ2) is 17.6. The minimum absolute atomic E-state index is 0. The third kappa shape index (κ3) is 9.67. The molecule has 2 aliphatic carbocycles. The Morgan fingerprint density at radius 1 is 0.767 bits per heavy atom. The molecule has 0 fully saturated rings. The third-order valence-corrected chi connectivity index (χ3v) is 6.23. The molecule has 166 valence electrons. The summed E-state index contributed by atoms with van der Waals surface area (Å²) in [6.45, 7) is 10.7. The van der Waals surface area contributed by atoms with Gasteiger partial charge >= 0.3 is 30.2 Å². The monoisotopic (exact) mass is 572 g/mol. The fraction of sp³-hybridized carbons (Fsp3) is 0.250. The minimum atomic E-state index is 0. The average molecular weight is 575 g/mol. The van der Waals surface area contributed by atoms with Gasteiger partial charge in [0.05, 0.1) is 0 Å². The molecule has 2 aliphatic rings. The van der Waals surface area contributed by atoms with E-state index < -0.39 is 0 Å². The molecule has 0 aromatic carbocycles.